The van der Waals surface area contributed by atoms with Crippen LogP contribution in [0.15, 0.2) is 134 Å². The van der Waals surface area contributed by atoms with Crippen molar-refractivity contribution in [2.45, 2.75) is 303 Å². The zero-order valence-electron chi connectivity index (χ0n) is 52.0. The van der Waals surface area contributed by atoms with Crippen molar-refractivity contribution in [1.82, 2.24) is 0 Å². The van der Waals surface area contributed by atoms with E-state index >= 15 is 0 Å². The van der Waals surface area contributed by atoms with Crippen molar-refractivity contribution in [2.75, 3.05) is 13.2 Å². The summed E-state index contributed by atoms with van der Waals surface area (Å²) >= 11 is 0. The van der Waals surface area contributed by atoms with Gasteiger partial charge in [-0.1, -0.05) is 296 Å². The van der Waals surface area contributed by atoms with E-state index in [1.165, 1.54) is 116 Å². The Labute approximate surface area is 494 Å². The van der Waals surface area contributed by atoms with Crippen molar-refractivity contribution in [1.29, 1.82) is 0 Å². The third-order valence-corrected chi connectivity index (χ3v) is 13.9. The highest BCUT2D eigenvalue weighted by molar-refractivity contribution is 5.71. The van der Waals surface area contributed by atoms with Crippen molar-refractivity contribution < 1.29 is 28.6 Å². The molecule has 454 valence electrons. The molecule has 0 aromatic carbocycles. The molecule has 1 unspecified atom stereocenters. The molecule has 1 atom stereocenters. The van der Waals surface area contributed by atoms with Crippen LogP contribution in [0, 0.1) is 0 Å². The molecule has 0 heterocycles. The lowest BCUT2D eigenvalue weighted by atomic mass is 10.0. The maximum Gasteiger partial charge on any atom is 0.306 e. The van der Waals surface area contributed by atoms with Gasteiger partial charge < -0.3 is 14.2 Å². The van der Waals surface area contributed by atoms with Crippen LogP contribution in [-0.2, 0) is 28.6 Å². The number of carbonyl (C=O) groups excluding carboxylic acids is 3. The van der Waals surface area contributed by atoms with Gasteiger partial charge in [0.1, 0.15) is 13.2 Å². The van der Waals surface area contributed by atoms with Crippen LogP contribution >= 0.6 is 0 Å². The molecular formula is C74H122O6. The van der Waals surface area contributed by atoms with Gasteiger partial charge in [-0.05, 0) is 116 Å². The molecule has 0 radical (unpaired) electrons. The number of rotatable bonds is 59. The fourth-order valence-corrected chi connectivity index (χ4v) is 9.00. The molecule has 0 saturated heterocycles. The molecule has 0 fully saturated rings. The van der Waals surface area contributed by atoms with Gasteiger partial charge in [0.2, 0.25) is 0 Å². The number of hydrogen-bond donors (Lipinski definition) is 0. The minimum Gasteiger partial charge on any atom is -0.462 e. The zero-order valence-corrected chi connectivity index (χ0v) is 52.0. The standard InChI is InChI=1S/C74H122O6/c1-4-7-10-13-16-19-22-25-28-31-33-34-35-36-37-38-39-40-42-43-46-49-52-55-58-61-64-67-73(76)79-70-71(69-78-72(75)66-63-60-57-54-51-48-45-30-27-24-21-18-15-12-9-6-3)80-74(77)68-65-62-59-56-53-50-47-44-41-32-29-26-23-20-17-14-11-8-5-2/h7-8,10-11,16-17,19-20,25-26,28-29,33-34,36-37,39-41,44,50,53,71H,4-6,9,12-15,18,21-24,27,30-32,35,38,42-43,45-49,51-52,54-70H2,1-3H3/b10-7-,11-8-,19-16-,20-17-,28-25-,29-26-,34-33-,37-36-,40-39-,44-41-,53-50-. The first-order valence-corrected chi connectivity index (χ1v) is 33.2. The Morgan fingerprint density at radius 1 is 0.263 bits per heavy atom. The number of unbranched alkanes of at least 4 members (excludes halogenated alkanes) is 26. The van der Waals surface area contributed by atoms with E-state index in [9.17, 15) is 14.4 Å². The van der Waals surface area contributed by atoms with Crippen LogP contribution in [0.2, 0.25) is 0 Å². The SMILES string of the molecule is CC/C=C\C/C=C\C/C=C\C/C=C\C/C=C\C/C=C\CCCCCCCCCCC(=O)OCC(COC(=O)CCCCCCCCCCCCCCCCCC)OC(=O)CCCCC/C=C\C/C=C\C/C=C\C/C=C\C/C=C\CC. The molecule has 0 aliphatic heterocycles. The molecule has 0 N–H and O–H groups in total. The summed E-state index contributed by atoms with van der Waals surface area (Å²) in [7, 11) is 0. The highest BCUT2D eigenvalue weighted by atomic mass is 16.6. The first kappa shape index (κ1) is 75.5. The van der Waals surface area contributed by atoms with E-state index in [0.29, 0.717) is 12.8 Å². The number of carbonyl (C=O) groups is 3. The van der Waals surface area contributed by atoms with Gasteiger partial charge in [-0.2, -0.15) is 0 Å². The van der Waals surface area contributed by atoms with Gasteiger partial charge in [0, 0.05) is 19.3 Å². The van der Waals surface area contributed by atoms with Gasteiger partial charge in [-0.15, -0.1) is 0 Å². The summed E-state index contributed by atoms with van der Waals surface area (Å²) in [6.45, 7) is 6.40. The van der Waals surface area contributed by atoms with Gasteiger partial charge in [-0.3, -0.25) is 14.4 Å². The molecule has 0 saturated carbocycles. The first-order valence-electron chi connectivity index (χ1n) is 33.2. The average Bonchev–Trinajstić information content (AvgIpc) is 3.46. The van der Waals surface area contributed by atoms with Crippen molar-refractivity contribution in [2.24, 2.45) is 0 Å². The minimum atomic E-state index is -0.804. The van der Waals surface area contributed by atoms with Crippen molar-refractivity contribution in [3.63, 3.8) is 0 Å². The maximum atomic E-state index is 12.9. The van der Waals surface area contributed by atoms with E-state index in [4.69, 9.17) is 14.2 Å². The molecule has 0 aliphatic carbocycles. The summed E-state index contributed by atoms with van der Waals surface area (Å²) in [6, 6.07) is 0. The number of hydrogen-bond acceptors (Lipinski definition) is 6. The first-order chi connectivity index (χ1) is 39.5. The number of esters is 3. The lowest BCUT2D eigenvalue weighted by molar-refractivity contribution is -0.167. The quantitative estimate of drug-likeness (QED) is 0.0261. The van der Waals surface area contributed by atoms with E-state index in [-0.39, 0.29) is 37.5 Å². The van der Waals surface area contributed by atoms with Gasteiger partial charge in [-0.25, -0.2) is 0 Å². The Morgan fingerprint density at radius 3 is 0.775 bits per heavy atom. The molecular weight excluding hydrogens is 985 g/mol. The number of allylic oxidation sites excluding steroid dienone is 22. The summed E-state index contributed by atoms with van der Waals surface area (Å²) < 4.78 is 16.9. The van der Waals surface area contributed by atoms with E-state index in [1.54, 1.807) is 0 Å². The Morgan fingerprint density at radius 2 is 0.487 bits per heavy atom. The molecule has 0 spiro atoms. The minimum absolute atomic E-state index is 0.0951. The summed E-state index contributed by atoms with van der Waals surface area (Å²) in [5.41, 5.74) is 0. The normalized spacial score (nSPS) is 13.0. The van der Waals surface area contributed by atoms with E-state index in [2.05, 4.69) is 154 Å². The largest absolute Gasteiger partial charge is 0.462 e. The Kier molecular flexibility index (Phi) is 63.3. The summed E-state index contributed by atoms with van der Waals surface area (Å²) in [4.78, 5) is 38.4. The Balaban J connectivity index is 4.43. The van der Waals surface area contributed by atoms with Crippen molar-refractivity contribution in [3.05, 3.63) is 134 Å². The van der Waals surface area contributed by atoms with Crippen LogP contribution in [-0.4, -0.2) is 37.2 Å². The monoisotopic (exact) mass is 1110 g/mol. The van der Waals surface area contributed by atoms with Gasteiger partial charge in [0.05, 0.1) is 0 Å². The molecule has 0 aromatic heterocycles. The molecule has 6 nitrogen and oxygen atoms in total. The summed E-state index contributed by atoms with van der Waals surface area (Å²) in [5.74, 6) is -0.930. The van der Waals surface area contributed by atoms with Gasteiger partial charge in [0.25, 0.3) is 0 Å². The summed E-state index contributed by atoms with van der Waals surface area (Å²) in [6.07, 6.45) is 94.5. The zero-order chi connectivity index (χ0) is 57.8. The predicted octanol–water partition coefficient (Wildman–Crippen LogP) is 22.9. The second kappa shape index (κ2) is 67.1. The third-order valence-electron chi connectivity index (χ3n) is 13.9. The Bertz CT molecular complexity index is 1700. The average molecular weight is 1110 g/mol. The molecule has 6 heteroatoms. The predicted molar refractivity (Wildman–Crippen MR) is 348 cm³/mol. The molecule has 80 heavy (non-hydrogen) atoms. The van der Waals surface area contributed by atoms with Crippen LogP contribution in [0.5, 0.6) is 0 Å². The third kappa shape index (κ3) is 64.4. The van der Waals surface area contributed by atoms with Crippen molar-refractivity contribution in [3.8, 4) is 0 Å². The van der Waals surface area contributed by atoms with Crippen LogP contribution < -0.4 is 0 Å². The van der Waals surface area contributed by atoms with Crippen LogP contribution in [0.4, 0.5) is 0 Å². The molecule has 0 aromatic rings. The fourth-order valence-electron chi connectivity index (χ4n) is 9.00. The topological polar surface area (TPSA) is 78.9 Å². The molecule has 0 rings (SSSR count). The fraction of sp³-hybridized carbons (Fsp3) is 0.662. The molecule has 0 bridgehead atoms. The number of ether oxygens (including phenoxy) is 3. The molecule has 0 aliphatic rings. The summed E-state index contributed by atoms with van der Waals surface area (Å²) in [5, 5.41) is 0. The maximum absolute atomic E-state index is 12.9. The van der Waals surface area contributed by atoms with Gasteiger partial charge in [0.15, 0.2) is 6.10 Å². The van der Waals surface area contributed by atoms with Crippen LogP contribution in [0.1, 0.15) is 297 Å². The lowest BCUT2D eigenvalue weighted by Crippen LogP contribution is -2.30. The molecule has 0 amide bonds. The van der Waals surface area contributed by atoms with Gasteiger partial charge >= 0.3 is 17.9 Å². The highest BCUT2D eigenvalue weighted by Gasteiger charge is 2.19. The van der Waals surface area contributed by atoms with E-state index < -0.39 is 6.10 Å². The smallest absolute Gasteiger partial charge is 0.306 e. The van der Waals surface area contributed by atoms with Crippen LogP contribution in [0.25, 0.3) is 0 Å². The van der Waals surface area contributed by atoms with E-state index in [1.807, 2.05) is 0 Å². The lowest BCUT2D eigenvalue weighted by Gasteiger charge is -2.18. The Hall–Kier alpha value is -4.45. The highest BCUT2D eigenvalue weighted by Crippen LogP contribution is 2.16. The van der Waals surface area contributed by atoms with Crippen molar-refractivity contribution >= 4 is 17.9 Å². The second-order valence-electron chi connectivity index (χ2n) is 21.6. The second-order valence-corrected chi connectivity index (χ2v) is 21.6. The van der Waals surface area contributed by atoms with Crippen LogP contribution in [0.3, 0.4) is 0 Å². The van der Waals surface area contributed by atoms with E-state index in [0.717, 1.165) is 141 Å².